The number of hydrogen-bond acceptors (Lipinski definition) is 9. The van der Waals surface area contributed by atoms with Crippen molar-refractivity contribution in [3.63, 3.8) is 0 Å². The number of rotatable bonds is 16. The van der Waals surface area contributed by atoms with Crippen molar-refractivity contribution in [1.29, 1.82) is 5.41 Å². The third kappa shape index (κ3) is 13.1. The summed E-state index contributed by atoms with van der Waals surface area (Å²) >= 11 is 1.01. The lowest BCUT2D eigenvalue weighted by Gasteiger charge is -2.22. The number of hydrogen-bond donors (Lipinski definition) is 10. The lowest BCUT2D eigenvalue weighted by molar-refractivity contribution is -0.143. The number of carbonyl (C=O) groups is 6. The van der Waals surface area contributed by atoms with Crippen LogP contribution >= 0.6 is 11.8 Å². The van der Waals surface area contributed by atoms with Crippen molar-refractivity contribution < 1.29 is 39.0 Å². The zero-order valence-corrected chi connectivity index (χ0v) is 21.8. The van der Waals surface area contributed by atoms with Crippen molar-refractivity contribution in [1.82, 2.24) is 26.6 Å². The van der Waals surface area contributed by atoms with Gasteiger partial charge in [-0.25, -0.2) is 4.79 Å². The van der Waals surface area contributed by atoms with E-state index in [1.807, 2.05) is 0 Å². The Bertz CT molecular complexity index is 1070. The summed E-state index contributed by atoms with van der Waals surface area (Å²) in [6, 6.07) is 1.86. The van der Waals surface area contributed by atoms with Crippen LogP contribution in [0.1, 0.15) is 29.3 Å². The van der Waals surface area contributed by atoms with E-state index in [1.165, 1.54) is 19.1 Å². The van der Waals surface area contributed by atoms with E-state index in [0.717, 1.165) is 17.3 Å². The molecule has 0 saturated carbocycles. The van der Waals surface area contributed by atoms with Crippen molar-refractivity contribution in [3.05, 3.63) is 35.4 Å². The highest BCUT2D eigenvalue weighted by Gasteiger charge is 2.29. The first-order valence-corrected chi connectivity index (χ1v) is 12.5. The molecule has 214 valence electrons. The molecule has 39 heavy (non-hydrogen) atoms. The summed E-state index contributed by atoms with van der Waals surface area (Å²) in [4.78, 5) is 71.1. The highest BCUT2D eigenvalue weighted by Crippen LogP contribution is 2.05. The number of aliphatic carboxylic acids is 2. The Morgan fingerprint density at radius 2 is 1.56 bits per heavy atom. The molecule has 0 radical (unpaired) electrons. The number of benzene rings is 1. The molecule has 1 aromatic carbocycles. The summed E-state index contributed by atoms with van der Waals surface area (Å²) in [7, 11) is 0. The van der Waals surface area contributed by atoms with Gasteiger partial charge in [0.1, 0.15) is 18.1 Å². The zero-order valence-electron chi connectivity index (χ0n) is 21.0. The number of nitrogens with one attached hydrogen (secondary N) is 6. The van der Waals surface area contributed by atoms with E-state index in [-0.39, 0.29) is 42.1 Å². The number of carbonyl (C=O) groups excluding carboxylic acids is 4. The van der Waals surface area contributed by atoms with Crippen LogP contribution in [0.25, 0.3) is 0 Å². The van der Waals surface area contributed by atoms with Crippen LogP contribution in [0.5, 0.6) is 0 Å². The van der Waals surface area contributed by atoms with Gasteiger partial charge in [-0.05, 0) is 17.7 Å². The van der Waals surface area contributed by atoms with Gasteiger partial charge in [0, 0.05) is 31.3 Å². The van der Waals surface area contributed by atoms with Crippen LogP contribution in [0.4, 0.5) is 0 Å². The molecule has 16 nitrogen and oxygen atoms in total. The number of carboxylic acids is 2. The number of guanidine groups is 1. The number of carboxylic acid groups (broad SMARTS) is 2. The molecular weight excluding hydrogens is 536 g/mol. The molecule has 3 atom stereocenters. The van der Waals surface area contributed by atoms with Gasteiger partial charge >= 0.3 is 11.9 Å². The minimum absolute atomic E-state index is 0.0894. The summed E-state index contributed by atoms with van der Waals surface area (Å²) in [5, 5.41) is 37.5. The van der Waals surface area contributed by atoms with Crippen LogP contribution in [0, 0.1) is 5.41 Å². The SMILES string of the molecule is CC(=O)NCSCC(NC(=O)C(CC(=O)O)NC(=O)C(N)CNC(=O)c1ccc(CNC(=N)N)cc1)C(=O)O. The topological polar surface area (TPSA) is 279 Å². The monoisotopic (exact) mass is 568 g/mol. The van der Waals surface area contributed by atoms with Gasteiger partial charge in [-0.2, -0.15) is 0 Å². The second-order valence-electron chi connectivity index (χ2n) is 8.09. The van der Waals surface area contributed by atoms with Gasteiger partial charge in [0.05, 0.1) is 12.3 Å². The van der Waals surface area contributed by atoms with Gasteiger partial charge in [0.25, 0.3) is 5.91 Å². The summed E-state index contributed by atoms with van der Waals surface area (Å²) in [6.07, 6.45) is -0.854. The molecule has 0 saturated heterocycles. The Kier molecular flexibility index (Phi) is 13.8. The highest BCUT2D eigenvalue weighted by atomic mass is 32.2. The van der Waals surface area contributed by atoms with E-state index in [1.54, 1.807) is 12.1 Å². The van der Waals surface area contributed by atoms with Gasteiger partial charge in [0.15, 0.2) is 5.96 Å². The third-order valence-corrected chi connectivity index (χ3v) is 5.77. The highest BCUT2D eigenvalue weighted by molar-refractivity contribution is 7.99. The summed E-state index contributed by atoms with van der Waals surface area (Å²) in [6.45, 7) is 1.22. The third-order valence-electron chi connectivity index (χ3n) is 4.85. The summed E-state index contributed by atoms with van der Waals surface area (Å²) in [5.74, 6) is -5.99. The molecule has 0 aliphatic rings. The predicted molar refractivity (Wildman–Crippen MR) is 140 cm³/mol. The first kappa shape index (κ1) is 32.6. The van der Waals surface area contributed by atoms with E-state index in [0.29, 0.717) is 0 Å². The molecule has 0 heterocycles. The molecule has 1 rings (SSSR count). The minimum Gasteiger partial charge on any atom is -0.481 e. The van der Waals surface area contributed by atoms with E-state index >= 15 is 0 Å². The largest absolute Gasteiger partial charge is 0.481 e. The Morgan fingerprint density at radius 1 is 0.949 bits per heavy atom. The molecular formula is C22H32N8O8S. The molecule has 0 aromatic heterocycles. The van der Waals surface area contributed by atoms with Crippen LogP contribution in [0.15, 0.2) is 24.3 Å². The van der Waals surface area contributed by atoms with Crippen molar-refractivity contribution in [2.45, 2.75) is 38.0 Å². The molecule has 4 amide bonds. The van der Waals surface area contributed by atoms with Gasteiger partial charge in [-0.1, -0.05) is 12.1 Å². The Balaban J connectivity index is 2.69. The lowest BCUT2D eigenvalue weighted by atomic mass is 10.1. The second kappa shape index (κ2) is 16.5. The molecule has 0 spiro atoms. The van der Waals surface area contributed by atoms with Gasteiger partial charge in [0.2, 0.25) is 17.7 Å². The van der Waals surface area contributed by atoms with Crippen molar-refractivity contribution in [2.24, 2.45) is 11.5 Å². The van der Waals surface area contributed by atoms with Crippen LogP contribution in [0.3, 0.4) is 0 Å². The van der Waals surface area contributed by atoms with Crippen LogP contribution in [-0.2, 0) is 30.5 Å². The molecule has 0 bridgehead atoms. The van der Waals surface area contributed by atoms with E-state index in [2.05, 4.69) is 26.6 Å². The molecule has 17 heteroatoms. The standard InChI is InChI=1S/C22H32N8O8S/c1-11(31)28-10-39-9-16(21(37)38)30-20(36)15(6-17(32)33)29-19(35)14(23)8-26-18(34)13-4-2-12(3-5-13)7-27-22(24)25/h2-5,14-16H,6-10,23H2,1H3,(H,26,34)(H,28,31)(H,29,35)(H,30,36)(H,32,33)(H,37,38)(H4,24,25,27). The van der Waals surface area contributed by atoms with E-state index in [4.69, 9.17) is 22.0 Å². The maximum Gasteiger partial charge on any atom is 0.327 e. The summed E-state index contributed by atoms with van der Waals surface area (Å²) in [5.41, 5.74) is 12.0. The predicted octanol–water partition coefficient (Wildman–Crippen LogP) is -2.92. The van der Waals surface area contributed by atoms with Crippen LogP contribution in [-0.4, -0.2) is 88.0 Å². The van der Waals surface area contributed by atoms with Crippen molar-refractivity contribution in [3.8, 4) is 0 Å². The molecule has 1 aromatic rings. The first-order chi connectivity index (χ1) is 18.3. The normalized spacial score (nSPS) is 12.7. The molecule has 0 aliphatic carbocycles. The van der Waals surface area contributed by atoms with Crippen LogP contribution in [0.2, 0.25) is 0 Å². The fourth-order valence-corrected chi connectivity index (χ4v) is 3.69. The molecule has 0 fully saturated rings. The van der Waals surface area contributed by atoms with Crippen molar-refractivity contribution >= 4 is 53.3 Å². The van der Waals surface area contributed by atoms with Gasteiger partial charge in [-0.3, -0.25) is 29.4 Å². The minimum atomic E-state index is -1.64. The Labute approximate surface area is 227 Å². The summed E-state index contributed by atoms with van der Waals surface area (Å²) < 4.78 is 0. The van der Waals surface area contributed by atoms with E-state index < -0.39 is 54.2 Å². The number of thioether (sulfide) groups is 1. The Hall–Kier alpha value is -4.38. The Morgan fingerprint density at radius 3 is 2.10 bits per heavy atom. The fraction of sp³-hybridized carbons (Fsp3) is 0.409. The molecule has 12 N–H and O–H groups in total. The number of amides is 4. The maximum absolute atomic E-state index is 12.6. The zero-order chi connectivity index (χ0) is 29.5. The first-order valence-electron chi connectivity index (χ1n) is 11.4. The molecule has 0 aliphatic heterocycles. The number of nitrogens with two attached hydrogens (primary N) is 2. The van der Waals surface area contributed by atoms with Gasteiger partial charge in [-0.15, -0.1) is 11.8 Å². The molecule has 3 unspecified atom stereocenters. The van der Waals surface area contributed by atoms with Gasteiger partial charge < -0.3 is 48.3 Å². The van der Waals surface area contributed by atoms with Crippen LogP contribution < -0.4 is 38.1 Å². The smallest absolute Gasteiger partial charge is 0.327 e. The lowest BCUT2D eigenvalue weighted by Crippen LogP contribution is -2.57. The second-order valence-corrected chi connectivity index (χ2v) is 9.12. The van der Waals surface area contributed by atoms with E-state index in [9.17, 15) is 33.9 Å². The van der Waals surface area contributed by atoms with Crippen molar-refractivity contribution in [2.75, 3.05) is 18.2 Å². The maximum atomic E-state index is 12.6. The quantitative estimate of drug-likeness (QED) is 0.0415. The fourth-order valence-electron chi connectivity index (χ4n) is 2.81. The average Bonchev–Trinajstić information content (AvgIpc) is 2.86. The average molecular weight is 569 g/mol.